The first-order valence-corrected chi connectivity index (χ1v) is 6.56. The summed E-state index contributed by atoms with van der Waals surface area (Å²) in [5, 5.41) is 20.1. The SMILES string of the molecule is Cc1cc(Cl)c(C(O)c2ccccc2C(=O)O)cc1C. The number of halogens is 1. The second-order valence-electron chi connectivity index (χ2n) is 4.75. The Bertz CT molecular complexity index is 665. The highest BCUT2D eigenvalue weighted by Crippen LogP contribution is 2.32. The smallest absolute Gasteiger partial charge is 0.336 e. The lowest BCUT2D eigenvalue weighted by atomic mass is 9.94. The molecule has 0 radical (unpaired) electrons. The van der Waals surface area contributed by atoms with Crippen LogP contribution in [0, 0.1) is 13.8 Å². The Labute approximate surface area is 122 Å². The van der Waals surface area contributed by atoms with Gasteiger partial charge in [-0.25, -0.2) is 4.79 Å². The van der Waals surface area contributed by atoms with Crippen molar-refractivity contribution < 1.29 is 15.0 Å². The van der Waals surface area contributed by atoms with Crippen molar-refractivity contribution in [3.8, 4) is 0 Å². The molecule has 3 nitrogen and oxygen atoms in total. The fourth-order valence-electron chi connectivity index (χ4n) is 2.11. The van der Waals surface area contributed by atoms with Gasteiger partial charge in [0, 0.05) is 10.6 Å². The molecule has 104 valence electrons. The zero-order valence-electron chi connectivity index (χ0n) is 11.2. The molecule has 0 heterocycles. The van der Waals surface area contributed by atoms with E-state index in [1.165, 1.54) is 6.07 Å². The lowest BCUT2D eigenvalue weighted by Crippen LogP contribution is -2.09. The molecular formula is C16H15ClO3. The van der Waals surface area contributed by atoms with Crippen LogP contribution in [-0.2, 0) is 0 Å². The predicted molar refractivity (Wildman–Crippen MR) is 78.4 cm³/mol. The maximum absolute atomic E-state index is 11.2. The van der Waals surface area contributed by atoms with Gasteiger partial charge in [-0.05, 0) is 42.7 Å². The van der Waals surface area contributed by atoms with E-state index in [9.17, 15) is 15.0 Å². The van der Waals surface area contributed by atoms with Gasteiger partial charge < -0.3 is 10.2 Å². The lowest BCUT2D eigenvalue weighted by molar-refractivity contribution is 0.0691. The van der Waals surface area contributed by atoms with E-state index in [4.69, 9.17) is 11.6 Å². The molecule has 0 bridgehead atoms. The highest BCUT2D eigenvalue weighted by Gasteiger charge is 2.20. The number of aromatic carboxylic acids is 1. The Morgan fingerprint density at radius 3 is 2.35 bits per heavy atom. The summed E-state index contributed by atoms with van der Waals surface area (Å²) in [6.45, 7) is 3.85. The molecule has 0 aliphatic carbocycles. The third kappa shape index (κ3) is 2.69. The van der Waals surface area contributed by atoms with E-state index in [-0.39, 0.29) is 5.56 Å². The summed E-state index contributed by atoms with van der Waals surface area (Å²) < 4.78 is 0. The Morgan fingerprint density at radius 1 is 1.10 bits per heavy atom. The van der Waals surface area contributed by atoms with Gasteiger partial charge in [0.2, 0.25) is 0 Å². The predicted octanol–water partition coefficient (Wildman–Crippen LogP) is 3.74. The molecule has 0 aliphatic rings. The summed E-state index contributed by atoms with van der Waals surface area (Å²) in [6, 6.07) is 9.96. The largest absolute Gasteiger partial charge is 0.478 e. The van der Waals surface area contributed by atoms with Crippen LogP contribution in [0.2, 0.25) is 5.02 Å². The van der Waals surface area contributed by atoms with Gasteiger partial charge in [-0.1, -0.05) is 35.9 Å². The third-order valence-corrected chi connectivity index (χ3v) is 3.72. The minimum atomic E-state index is -1.07. The topological polar surface area (TPSA) is 57.5 Å². The van der Waals surface area contributed by atoms with Crippen LogP contribution in [0.5, 0.6) is 0 Å². The van der Waals surface area contributed by atoms with Gasteiger partial charge in [0.25, 0.3) is 0 Å². The Hall–Kier alpha value is -1.84. The van der Waals surface area contributed by atoms with Gasteiger partial charge in [0.1, 0.15) is 6.10 Å². The zero-order chi connectivity index (χ0) is 14.9. The number of carbonyl (C=O) groups is 1. The second-order valence-corrected chi connectivity index (χ2v) is 5.16. The van der Waals surface area contributed by atoms with E-state index in [0.717, 1.165) is 11.1 Å². The molecule has 4 heteroatoms. The monoisotopic (exact) mass is 290 g/mol. The van der Waals surface area contributed by atoms with Crippen LogP contribution in [0.1, 0.15) is 38.7 Å². The molecular weight excluding hydrogens is 276 g/mol. The van der Waals surface area contributed by atoms with Crippen LogP contribution < -0.4 is 0 Å². The summed E-state index contributed by atoms with van der Waals surface area (Å²) in [4.78, 5) is 11.2. The standard InChI is InChI=1S/C16H15ClO3/c1-9-7-13(14(17)8-10(9)2)15(18)11-5-3-4-6-12(11)16(19)20/h3-8,15,18H,1-2H3,(H,19,20). The van der Waals surface area contributed by atoms with E-state index in [2.05, 4.69) is 0 Å². The number of aliphatic hydroxyl groups excluding tert-OH is 1. The van der Waals surface area contributed by atoms with Crippen molar-refractivity contribution in [3.63, 3.8) is 0 Å². The summed E-state index contributed by atoms with van der Waals surface area (Å²) in [7, 11) is 0. The zero-order valence-corrected chi connectivity index (χ0v) is 12.0. The van der Waals surface area contributed by atoms with Gasteiger partial charge in [0.05, 0.1) is 5.56 Å². The highest BCUT2D eigenvalue weighted by atomic mass is 35.5. The lowest BCUT2D eigenvalue weighted by Gasteiger charge is -2.17. The Morgan fingerprint density at radius 2 is 1.70 bits per heavy atom. The van der Waals surface area contributed by atoms with E-state index < -0.39 is 12.1 Å². The molecule has 0 saturated carbocycles. The van der Waals surface area contributed by atoms with E-state index in [0.29, 0.717) is 16.1 Å². The quantitative estimate of drug-likeness (QED) is 0.905. The Balaban J connectivity index is 2.55. The number of carboxylic acid groups (broad SMARTS) is 1. The van der Waals surface area contributed by atoms with Crippen molar-refractivity contribution >= 4 is 17.6 Å². The van der Waals surface area contributed by atoms with E-state index in [1.54, 1.807) is 30.3 Å². The number of hydrogen-bond acceptors (Lipinski definition) is 2. The molecule has 2 aromatic carbocycles. The number of benzene rings is 2. The fraction of sp³-hybridized carbons (Fsp3) is 0.188. The van der Waals surface area contributed by atoms with Gasteiger partial charge in [-0.15, -0.1) is 0 Å². The number of rotatable bonds is 3. The Kier molecular flexibility index (Phi) is 4.12. The van der Waals surface area contributed by atoms with Crippen LogP contribution in [0.3, 0.4) is 0 Å². The van der Waals surface area contributed by atoms with Gasteiger partial charge >= 0.3 is 5.97 Å². The number of aliphatic hydroxyl groups is 1. The molecule has 20 heavy (non-hydrogen) atoms. The first-order chi connectivity index (χ1) is 9.41. The van der Waals surface area contributed by atoms with Crippen molar-refractivity contribution in [1.82, 2.24) is 0 Å². The summed E-state index contributed by atoms with van der Waals surface area (Å²) in [6.07, 6.45) is -1.06. The minimum Gasteiger partial charge on any atom is -0.478 e. The number of hydrogen-bond donors (Lipinski definition) is 2. The van der Waals surface area contributed by atoms with Gasteiger partial charge in [0.15, 0.2) is 0 Å². The van der Waals surface area contributed by atoms with Gasteiger partial charge in [-0.2, -0.15) is 0 Å². The summed E-state index contributed by atoms with van der Waals surface area (Å²) in [5.74, 6) is -1.07. The molecule has 0 saturated heterocycles. The minimum absolute atomic E-state index is 0.0781. The van der Waals surface area contributed by atoms with Crippen LogP contribution >= 0.6 is 11.6 Å². The molecule has 0 aliphatic heterocycles. The molecule has 0 fully saturated rings. The van der Waals surface area contributed by atoms with Crippen molar-refractivity contribution in [2.75, 3.05) is 0 Å². The highest BCUT2D eigenvalue weighted by molar-refractivity contribution is 6.31. The number of aryl methyl sites for hydroxylation is 2. The number of carboxylic acids is 1. The first kappa shape index (κ1) is 14.6. The fourth-order valence-corrected chi connectivity index (χ4v) is 2.43. The summed E-state index contributed by atoms with van der Waals surface area (Å²) >= 11 is 6.17. The van der Waals surface area contributed by atoms with Crippen LogP contribution in [0.25, 0.3) is 0 Å². The average Bonchev–Trinajstić information content (AvgIpc) is 2.42. The van der Waals surface area contributed by atoms with Crippen LogP contribution in [0.4, 0.5) is 0 Å². The van der Waals surface area contributed by atoms with Crippen LogP contribution in [-0.4, -0.2) is 16.2 Å². The molecule has 2 N–H and O–H groups in total. The molecule has 2 rings (SSSR count). The normalized spacial score (nSPS) is 12.2. The molecule has 0 spiro atoms. The third-order valence-electron chi connectivity index (χ3n) is 3.39. The van der Waals surface area contributed by atoms with E-state index in [1.807, 2.05) is 13.8 Å². The summed E-state index contributed by atoms with van der Waals surface area (Å²) in [5.41, 5.74) is 2.96. The average molecular weight is 291 g/mol. The molecule has 0 aromatic heterocycles. The van der Waals surface area contributed by atoms with Crippen molar-refractivity contribution in [2.45, 2.75) is 20.0 Å². The van der Waals surface area contributed by atoms with Crippen molar-refractivity contribution in [1.29, 1.82) is 0 Å². The maximum Gasteiger partial charge on any atom is 0.336 e. The van der Waals surface area contributed by atoms with Gasteiger partial charge in [-0.3, -0.25) is 0 Å². The van der Waals surface area contributed by atoms with E-state index >= 15 is 0 Å². The van der Waals surface area contributed by atoms with Crippen molar-refractivity contribution in [2.24, 2.45) is 0 Å². The maximum atomic E-state index is 11.2. The molecule has 2 aromatic rings. The molecule has 1 atom stereocenters. The first-order valence-electron chi connectivity index (χ1n) is 6.18. The molecule has 0 amide bonds. The second kappa shape index (κ2) is 5.65. The van der Waals surface area contributed by atoms with Crippen LogP contribution in [0.15, 0.2) is 36.4 Å². The molecule has 1 unspecified atom stereocenters. The van der Waals surface area contributed by atoms with Crippen molar-refractivity contribution in [3.05, 3.63) is 69.2 Å².